The molecule has 0 spiro atoms. The van der Waals surface area contributed by atoms with Crippen LogP contribution in [0.2, 0.25) is 0 Å². The topological polar surface area (TPSA) is 87.2 Å². The molecule has 2 saturated heterocycles. The second kappa shape index (κ2) is 9.89. The van der Waals surface area contributed by atoms with Crippen LogP contribution in [0.25, 0.3) is 0 Å². The smallest absolute Gasteiger partial charge is 0.309 e. The third kappa shape index (κ3) is 5.01. The quantitative estimate of drug-likeness (QED) is 0.621. The van der Waals surface area contributed by atoms with Gasteiger partial charge in [-0.2, -0.15) is 4.31 Å². The summed E-state index contributed by atoms with van der Waals surface area (Å²) in [6.07, 6.45) is 1.39. The number of rotatable bonds is 6. The molecule has 1 amide bonds. The Morgan fingerprint density at radius 1 is 1.03 bits per heavy atom. The third-order valence-corrected chi connectivity index (χ3v) is 7.90. The maximum Gasteiger partial charge on any atom is 0.309 e. The Morgan fingerprint density at radius 3 is 2.20 bits per heavy atom. The summed E-state index contributed by atoms with van der Waals surface area (Å²) < 4.78 is 32.1. The van der Waals surface area contributed by atoms with Crippen LogP contribution in [0, 0.1) is 5.92 Å². The molecule has 0 aromatic heterocycles. The van der Waals surface area contributed by atoms with Gasteiger partial charge in [0.2, 0.25) is 15.9 Å². The van der Waals surface area contributed by atoms with Gasteiger partial charge >= 0.3 is 5.97 Å². The van der Waals surface area contributed by atoms with E-state index >= 15 is 0 Å². The fourth-order valence-electron chi connectivity index (χ4n) is 4.09. The lowest BCUT2D eigenvalue weighted by atomic mass is 9.96. The number of ether oxygens (including phenoxy) is 1. The average Bonchev–Trinajstić information content (AvgIpc) is 2.79. The number of piperazine rings is 1. The molecule has 166 valence electrons. The molecule has 9 heteroatoms. The molecule has 1 aromatic carbocycles. The lowest BCUT2D eigenvalue weighted by Crippen LogP contribution is -2.56. The molecule has 2 aliphatic rings. The molecule has 2 fully saturated rings. The lowest BCUT2D eigenvalue weighted by Gasteiger charge is -2.39. The molecule has 2 aliphatic heterocycles. The zero-order chi connectivity index (χ0) is 21.7. The number of benzene rings is 1. The Bertz CT molecular complexity index is 829. The van der Waals surface area contributed by atoms with E-state index < -0.39 is 10.0 Å². The van der Waals surface area contributed by atoms with Gasteiger partial charge < -0.3 is 9.64 Å². The summed E-state index contributed by atoms with van der Waals surface area (Å²) >= 11 is 0. The van der Waals surface area contributed by atoms with Gasteiger partial charge in [-0.15, -0.1) is 0 Å². The first-order valence-corrected chi connectivity index (χ1v) is 12.0. The van der Waals surface area contributed by atoms with Crippen molar-refractivity contribution in [2.45, 2.75) is 37.6 Å². The summed E-state index contributed by atoms with van der Waals surface area (Å²) in [5.74, 6) is -0.219. The van der Waals surface area contributed by atoms with Gasteiger partial charge in [0.25, 0.3) is 0 Å². The van der Waals surface area contributed by atoms with Crippen molar-refractivity contribution in [1.82, 2.24) is 14.1 Å². The highest BCUT2D eigenvalue weighted by Crippen LogP contribution is 2.22. The summed E-state index contributed by atoms with van der Waals surface area (Å²) in [5.41, 5.74) is 0. The van der Waals surface area contributed by atoms with E-state index in [-0.39, 0.29) is 28.7 Å². The number of esters is 1. The van der Waals surface area contributed by atoms with E-state index in [0.717, 1.165) is 0 Å². The number of nitrogens with zero attached hydrogens (tertiary/aromatic N) is 3. The maximum atomic E-state index is 13.0. The monoisotopic (exact) mass is 437 g/mol. The Labute approximate surface area is 178 Å². The predicted octanol–water partition coefficient (Wildman–Crippen LogP) is 1.18. The van der Waals surface area contributed by atoms with E-state index in [1.165, 1.54) is 4.31 Å². The van der Waals surface area contributed by atoms with Crippen molar-refractivity contribution in [2.24, 2.45) is 5.92 Å². The van der Waals surface area contributed by atoms with Gasteiger partial charge in [0, 0.05) is 26.2 Å². The van der Waals surface area contributed by atoms with Gasteiger partial charge in [0.05, 0.1) is 23.5 Å². The Hall–Kier alpha value is -1.97. The number of sulfonamides is 1. The summed E-state index contributed by atoms with van der Waals surface area (Å²) in [6, 6.07) is 8.10. The summed E-state index contributed by atoms with van der Waals surface area (Å²) in [5, 5.41) is 0. The minimum atomic E-state index is -3.53. The minimum Gasteiger partial charge on any atom is -0.466 e. The molecule has 30 heavy (non-hydrogen) atoms. The number of amides is 1. The van der Waals surface area contributed by atoms with Crippen molar-refractivity contribution < 1.29 is 22.7 Å². The number of likely N-dealkylation sites (tertiary alicyclic amines) is 1. The number of carbonyl (C=O) groups is 2. The Kier molecular flexibility index (Phi) is 7.49. The number of hydrogen-bond acceptors (Lipinski definition) is 6. The van der Waals surface area contributed by atoms with E-state index in [1.54, 1.807) is 42.2 Å². The van der Waals surface area contributed by atoms with Crippen molar-refractivity contribution in [2.75, 3.05) is 45.9 Å². The van der Waals surface area contributed by atoms with Crippen molar-refractivity contribution in [3.8, 4) is 0 Å². The summed E-state index contributed by atoms with van der Waals surface area (Å²) in [7, 11) is -3.53. The van der Waals surface area contributed by atoms with Crippen LogP contribution in [0.4, 0.5) is 0 Å². The summed E-state index contributed by atoms with van der Waals surface area (Å²) in [4.78, 5) is 29.0. The minimum absolute atomic E-state index is 0.0151. The second-order valence-electron chi connectivity index (χ2n) is 7.78. The highest BCUT2D eigenvalue weighted by Gasteiger charge is 2.35. The van der Waals surface area contributed by atoms with Crippen LogP contribution in [0.5, 0.6) is 0 Å². The van der Waals surface area contributed by atoms with Crippen LogP contribution in [-0.2, 0) is 24.3 Å². The highest BCUT2D eigenvalue weighted by molar-refractivity contribution is 7.89. The molecule has 0 saturated carbocycles. The number of hydrogen-bond donors (Lipinski definition) is 0. The van der Waals surface area contributed by atoms with E-state index in [9.17, 15) is 18.0 Å². The van der Waals surface area contributed by atoms with Gasteiger partial charge in [-0.1, -0.05) is 18.2 Å². The molecular formula is C21H31N3O5S. The molecule has 0 N–H and O–H groups in total. The van der Waals surface area contributed by atoms with E-state index in [4.69, 9.17) is 4.74 Å². The molecule has 3 rings (SSSR count). The largest absolute Gasteiger partial charge is 0.466 e. The van der Waals surface area contributed by atoms with Crippen LogP contribution < -0.4 is 0 Å². The van der Waals surface area contributed by atoms with Crippen LogP contribution in [-0.4, -0.2) is 86.3 Å². The first kappa shape index (κ1) is 22.7. The Morgan fingerprint density at radius 2 is 1.63 bits per heavy atom. The van der Waals surface area contributed by atoms with Gasteiger partial charge in [-0.05, 0) is 51.9 Å². The van der Waals surface area contributed by atoms with Crippen LogP contribution >= 0.6 is 0 Å². The molecule has 0 radical (unpaired) electrons. The van der Waals surface area contributed by atoms with Crippen molar-refractivity contribution >= 4 is 21.9 Å². The summed E-state index contributed by atoms with van der Waals surface area (Å²) in [6.45, 7) is 6.79. The zero-order valence-electron chi connectivity index (χ0n) is 17.7. The first-order valence-electron chi connectivity index (χ1n) is 10.6. The standard InChI is InChI=1S/C21H31N3O5S/c1-3-29-21(26)18-9-11-22(12-10-18)17(2)20(25)23-13-15-24(16-14-23)30(27,28)19-7-5-4-6-8-19/h4-8,17-18H,3,9-16H2,1-2H3/t17-/m0/s1. The fraction of sp³-hybridized carbons (Fsp3) is 0.619. The molecular weight excluding hydrogens is 406 g/mol. The van der Waals surface area contributed by atoms with E-state index in [2.05, 4.69) is 4.90 Å². The molecule has 2 heterocycles. The van der Waals surface area contributed by atoms with Crippen molar-refractivity contribution in [3.63, 3.8) is 0 Å². The molecule has 0 unspecified atom stereocenters. The highest BCUT2D eigenvalue weighted by atomic mass is 32.2. The van der Waals surface area contributed by atoms with Gasteiger partial charge in [-0.25, -0.2) is 8.42 Å². The predicted molar refractivity (Wildman–Crippen MR) is 112 cm³/mol. The van der Waals surface area contributed by atoms with Crippen molar-refractivity contribution in [3.05, 3.63) is 30.3 Å². The molecule has 8 nitrogen and oxygen atoms in total. The fourth-order valence-corrected chi connectivity index (χ4v) is 5.54. The average molecular weight is 438 g/mol. The molecule has 1 atom stereocenters. The van der Waals surface area contributed by atoms with Crippen LogP contribution in [0.15, 0.2) is 35.2 Å². The number of carbonyl (C=O) groups excluding carboxylic acids is 2. The molecule has 0 bridgehead atoms. The number of piperidine rings is 1. The van der Waals surface area contributed by atoms with Crippen LogP contribution in [0.3, 0.4) is 0 Å². The first-order chi connectivity index (χ1) is 14.3. The zero-order valence-corrected chi connectivity index (χ0v) is 18.5. The molecule has 0 aliphatic carbocycles. The van der Waals surface area contributed by atoms with Crippen molar-refractivity contribution in [1.29, 1.82) is 0 Å². The van der Waals surface area contributed by atoms with Crippen LogP contribution in [0.1, 0.15) is 26.7 Å². The Balaban J connectivity index is 1.51. The normalized spacial score (nSPS) is 20.7. The lowest BCUT2D eigenvalue weighted by molar-refractivity contribution is -0.150. The van der Waals surface area contributed by atoms with E-state index in [1.807, 2.05) is 6.92 Å². The van der Waals surface area contributed by atoms with E-state index in [0.29, 0.717) is 58.7 Å². The van der Waals surface area contributed by atoms with Gasteiger partial charge in [0.1, 0.15) is 0 Å². The van der Waals surface area contributed by atoms with Gasteiger partial charge in [0.15, 0.2) is 0 Å². The molecule has 1 aromatic rings. The SMILES string of the molecule is CCOC(=O)C1CCN([C@@H](C)C(=O)N2CCN(S(=O)(=O)c3ccccc3)CC2)CC1. The second-order valence-corrected chi connectivity index (χ2v) is 9.72. The maximum absolute atomic E-state index is 13.0. The van der Waals surface area contributed by atoms with Gasteiger partial charge in [-0.3, -0.25) is 14.5 Å². The third-order valence-electron chi connectivity index (χ3n) is 5.99.